The van der Waals surface area contributed by atoms with Crippen molar-refractivity contribution in [2.75, 3.05) is 0 Å². The van der Waals surface area contributed by atoms with Gasteiger partial charge in [-0.2, -0.15) is 0 Å². The molecule has 1 aliphatic heterocycles. The van der Waals surface area contributed by atoms with Gasteiger partial charge in [-0.1, -0.05) is 70.6 Å². The molecule has 26 heavy (non-hydrogen) atoms. The minimum absolute atomic E-state index is 0.000814. The maximum absolute atomic E-state index is 11.3. The van der Waals surface area contributed by atoms with Crippen LogP contribution < -0.4 is 5.48 Å². The molecule has 1 heterocycles. The monoisotopic (exact) mass is 366 g/mol. The predicted molar refractivity (Wildman–Crippen MR) is 102 cm³/mol. The van der Waals surface area contributed by atoms with Crippen molar-refractivity contribution in [1.82, 2.24) is 5.48 Å². The quantitative estimate of drug-likeness (QED) is 0.230. The molecule has 0 aromatic rings. The van der Waals surface area contributed by atoms with E-state index < -0.39 is 0 Å². The van der Waals surface area contributed by atoms with E-state index in [0.29, 0.717) is 6.42 Å². The third-order valence-corrected chi connectivity index (χ3v) is 4.57. The number of rotatable bonds is 18. The molecule has 0 unspecified atom stereocenters. The van der Waals surface area contributed by atoms with Crippen LogP contribution in [0, 0.1) is 6.61 Å². The van der Waals surface area contributed by atoms with Crippen LogP contribution in [0.5, 0.6) is 0 Å². The first-order chi connectivity index (χ1) is 12.8. The maximum Gasteiger partial charge on any atom is 0.243 e. The minimum atomic E-state index is -0.0299. The Bertz CT molecular complexity index is 389. The molecule has 7 heteroatoms. The Morgan fingerprint density at radius 2 is 1.27 bits per heavy atom. The number of amides is 1. The Morgan fingerprint density at radius 3 is 1.77 bits per heavy atom. The van der Waals surface area contributed by atoms with Gasteiger partial charge in [0.1, 0.15) is 6.61 Å². The summed E-state index contributed by atoms with van der Waals surface area (Å²) in [6.45, 7) is 3.20. The smallest absolute Gasteiger partial charge is 0.243 e. The molecule has 0 aromatic heterocycles. The second-order valence-corrected chi connectivity index (χ2v) is 6.90. The highest BCUT2D eigenvalue weighted by Gasteiger charge is 2.07. The molecule has 0 bridgehead atoms. The summed E-state index contributed by atoms with van der Waals surface area (Å²) in [5.74, 6) is -0.0299. The Labute approximate surface area is 158 Å². The van der Waals surface area contributed by atoms with Gasteiger partial charge in [0, 0.05) is 6.42 Å². The summed E-state index contributed by atoms with van der Waals surface area (Å²) in [5, 5.41) is 14.9. The molecule has 0 saturated carbocycles. The van der Waals surface area contributed by atoms with Crippen molar-refractivity contribution in [2.45, 2.75) is 109 Å². The number of unbranched alkanes of at least 4 members (excludes halogenated alkanes) is 12. The van der Waals surface area contributed by atoms with Crippen LogP contribution in [-0.4, -0.2) is 12.1 Å². The molecular weight excluding hydrogens is 330 g/mol. The van der Waals surface area contributed by atoms with E-state index in [1.807, 2.05) is 0 Å². The molecular formula is C19H36N5O2. The normalized spacial score (nSPS) is 13.6. The van der Waals surface area contributed by atoms with Crippen LogP contribution in [-0.2, 0) is 9.63 Å². The SMILES string of the molecule is C[CH]ONC(=O)CCCCCCCCCCCCCCCC1N=NN=N1. The molecule has 149 valence electrons. The predicted octanol–water partition coefficient (Wildman–Crippen LogP) is 6.23. The van der Waals surface area contributed by atoms with E-state index in [-0.39, 0.29) is 12.1 Å². The first-order valence-corrected chi connectivity index (χ1v) is 10.3. The van der Waals surface area contributed by atoms with Crippen molar-refractivity contribution in [3.8, 4) is 0 Å². The van der Waals surface area contributed by atoms with Gasteiger partial charge in [0.2, 0.25) is 5.91 Å². The van der Waals surface area contributed by atoms with E-state index in [4.69, 9.17) is 4.84 Å². The van der Waals surface area contributed by atoms with Crippen molar-refractivity contribution in [2.24, 2.45) is 20.7 Å². The molecule has 1 N–H and O–H groups in total. The molecule has 0 saturated heterocycles. The lowest BCUT2D eigenvalue weighted by Gasteiger charge is -2.04. The van der Waals surface area contributed by atoms with E-state index in [0.717, 1.165) is 19.3 Å². The summed E-state index contributed by atoms with van der Waals surface area (Å²) >= 11 is 0. The lowest BCUT2D eigenvalue weighted by Crippen LogP contribution is -2.21. The molecule has 0 aliphatic carbocycles. The number of nitrogens with zero attached hydrogens (tertiary/aromatic N) is 4. The molecule has 1 aliphatic rings. The summed E-state index contributed by atoms with van der Waals surface area (Å²) in [4.78, 5) is 16.1. The highest BCUT2D eigenvalue weighted by molar-refractivity contribution is 5.74. The number of carbonyl (C=O) groups is 1. The van der Waals surface area contributed by atoms with Crippen LogP contribution >= 0.6 is 0 Å². The van der Waals surface area contributed by atoms with Crippen LogP contribution in [0.1, 0.15) is 103 Å². The summed E-state index contributed by atoms with van der Waals surface area (Å²) in [6, 6.07) is 0. The zero-order chi connectivity index (χ0) is 18.7. The average Bonchev–Trinajstić information content (AvgIpc) is 3.16. The number of hydrogen-bond donors (Lipinski definition) is 1. The van der Waals surface area contributed by atoms with Crippen LogP contribution in [0.25, 0.3) is 0 Å². The van der Waals surface area contributed by atoms with E-state index in [1.54, 1.807) is 6.92 Å². The van der Waals surface area contributed by atoms with Crippen molar-refractivity contribution in [1.29, 1.82) is 0 Å². The maximum atomic E-state index is 11.3. The lowest BCUT2D eigenvalue weighted by molar-refractivity contribution is -0.131. The topological polar surface area (TPSA) is 87.8 Å². The zero-order valence-corrected chi connectivity index (χ0v) is 16.4. The van der Waals surface area contributed by atoms with Gasteiger partial charge in [0.05, 0.1) is 0 Å². The second-order valence-electron chi connectivity index (χ2n) is 6.90. The van der Waals surface area contributed by atoms with E-state index in [1.165, 1.54) is 77.2 Å². The second kappa shape index (κ2) is 17.1. The molecule has 1 radical (unpaired) electrons. The van der Waals surface area contributed by atoms with Gasteiger partial charge in [-0.3, -0.25) is 9.63 Å². The molecule has 7 nitrogen and oxygen atoms in total. The number of hydroxylamine groups is 1. The largest absolute Gasteiger partial charge is 0.273 e. The van der Waals surface area contributed by atoms with Gasteiger partial charge in [-0.05, 0) is 36.6 Å². The Morgan fingerprint density at radius 1 is 0.808 bits per heavy atom. The third-order valence-electron chi connectivity index (χ3n) is 4.57. The zero-order valence-electron chi connectivity index (χ0n) is 16.4. The summed E-state index contributed by atoms with van der Waals surface area (Å²) in [7, 11) is 0. The average molecular weight is 367 g/mol. The first-order valence-electron chi connectivity index (χ1n) is 10.3. The molecule has 1 rings (SSSR count). The number of nitrogens with one attached hydrogen (secondary N) is 1. The van der Waals surface area contributed by atoms with Crippen LogP contribution in [0.2, 0.25) is 0 Å². The summed E-state index contributed by atoms with van der Waals surface area (Å²) in [5.41, 5.74) is 2.38. The third kappa shape index (κ3) is 13.9. The van der Waals surface area contributed by atoms with Crippen molar-refractivity contribution in [3.63, 3.8) is 0 Å². The fourth-order valence-electron chi connectivity index (χ4n) is 3.04. The first kappa shape index (κ1) is 22.7. The molecule has 0 aromatic carbocycles. The van der Waals surface area contributed by atoms with Crippen LogP contribution in [0.3, 0.4) is 0 Å². The fraction of sp³-hybridized carbons (Fsp3) is 0.895. The van der Waals surface area contributed by atoms with Crippen molar-refractivity contribution >= 4 is 5.91 Å². The van der Waals surface area contributed by atoms with Gasteiger partial charge in [-0.25, -0.2) is 5.48 Å². The van der Waals surface area contributed by atoms with E-state index >= 15 is 0 Å². The summed E-state index contributed by atoms with van der Waals surface area (Å²) in [6.07, 6.45) is 18.0. The minimum Gasteiger partial charge on any atom is -0.273 e. The van der Waals surface area contributed by atoms with Crippen LogP contribution in [0.15, 0.2) is 20.7 Å². The van der Waals surface area contributed by atoms with Gasteiger partial charge in [-0.15, -0.1) is 10.2 Å². The molecule has 0 fully saturated rings. The van der Waals surface area contributed by atoms with E-state index in [9.17, 15) is 4.79 Å². The Hall–Kier alpha value is -1.37. The lowest BCUT2D eigenvalue weighted by atomic mass is 10.0. The highest BCUT2D eigenvalue weighted by Crippen LogP contribution is 2.16. The van der Waals surface area contributed by atoms with Crippen molar-refractivity contribution in [3.05, 3.63) is 6.61 Å². The Balaban J connectivity index is 1.68. The van der Waals surface area contributed by atoms with Gasteiger partial charge in [0.25, 0.3) is 0 Å². The van der Waals surface area contributed by atoms with Gasteiger partial charge < -0.3 is 0 Å². The van der Waals surface area contributed by atoms with Gasteiger partial charge >= 0.3 is 0 Å². The van der Waals surface area contributed by atoms with Crippen molar-refractivity contribution < 1.29 is 9.63 Å². The van der Waals surface area contributed by atoms with Gasteiger partial charge in [0.15, 0.2) is 6.17 Å². The highest BCUT2D eigenvalue weighted by atomic mass is 16.6. The van der Waals surface area contributed by atoms with Crippen LogP contribution in [0.4, 0.5) is 0 Å². The Kier molecular flexibility index (Phi) is 14.9. The standard InChI is InChI=1S/C19H36N5O2/c1-2-26-22-19(25)17-15-13-11-9-7-5-3-4-6-8-10-12-14-16-18-20-23-24-21-18/h2,18H,3-17H2,1H3,(H,22,25). The summed E-state index contributed by atoms with van der Waals surface area (Å²) < 4.78 is 0. The number of carbonyl (C=O) groups excluding carboxylic acids is 1. The molecule has 0 atom stereocenters. The molecule has 0 spiro atoms. The fourth-order valence-corrected chi connectivity index (χ4v) is 3.04. The molecule has 1 amide bonds. The number of hydrogen-bond acceptors (Lipinski definition) is 6. The van der Waals surface area contributed by atoms with E-state index in [2.05, 4.69) is 26.2 Å².